The molecule has 4 heteroatoms. The van der Waals surface area contributed by atoms with Gasteiger partial charge in [0.1, 0.15) is 6.04 Å². The summed E-state index contributed by atoms with van der Waals surface area (Å²) in [7, 11) is 0. The molecule has 3 rings (SSSR count). The molecular weight excluding hydrogens is 298 g/mol. The van der Waals surface area contributed by atoms with Gasteiger partial charge in [0, 0.05) is 6.04 Å². The molecule has 2 aliphatic carbocycles. The van der Waals surface area contributed by atoms with Gasteiger partial charge in [0.2, 0.25) is 0 Å². The van der Waals surface area contributed by atoms with Crippen molar-refractivity contribution in [2.75, 3.05) is 0 Å². The molecule has 3 aliphatic rings. The second-order valence-electron chi connectivity index (χ2n) is 9.36. The minimum Gasteiger partial charge on any atom is -0.369 e. The summed E-state index contributed by atoms with van der Waals surface area (Å²) in [6.07, 6.45) is 12.1. The van der Waals surface area contributed by atoms with Gasteiger partial charge in [0.05, 0.1) is 0 Å². The highest BCUT2D eigenvalue weighted by molar-refractivity contribution is 6.04. The molecule has 2 fully saturated rings. The number of nitrogens with zero attached hydrogens (tertiary/aromatic N) is 2. The molecule has 0 aromatic rings. The monoisotopic (exact) mass is 333 g/mol. The number of hydrogen-bond donors (Lipinski definition) is 1. The molecule has 0 spiro atoms. The van der Waals surface area contributed by atoms with Crippen LogP contribution in [0, 0.1) is 17.3 Å². The van der Waals surface area contributed by atoms with Crippen molar-refractivity contribution in [1.29, 1.82) is 0 Å². The Morgan fingerprint density at radius 1 is 1.17 bits per heavy atom. The van der Waals surface area contributed by atoms with Gasteiger partial charge >= 0.3 is 0 Å². The molecule has 4 nitrogen and oxygen atoms in total. The van der Waals surface area contributed by atoms with Crippen molar-refractivity contribution in [3.63, 3.8) is 0 Å². The third-order valence-corrected chi connectivity index (χ3v) is 6.36. The molecule has 24 heavy (non-hydrogen) atoms. The Morgan fingerprint density at radius 3 is 2.54 bits per heavy atom. The molecule has 2 N–H and O–H groups in total. The van der Waals surface area contributed by atoms with Gasteiger partial charge in [-0.3, -0.25) is 9.69 Å². The van der Waals surface area contributed by atoms with Crippen molar-refractivity contribution in [3.8, 4) is 0 Å². The van der Waals surface area contributed by atoms with Gasteiger partial charge in [0.25, 0.3) is 5.91 Å². The minimum atomic E-state index is -0.215. The van der Waals surface area contributed by atoms with Crippen molar-refractivity contribution in [1.82, 2.24) is 4.90 Å². The van der Waals surface area contributed by atoms with E-state index in [1.165, 1.54) is 38.5 Å². The molecule has 136 valence electrons. The minimum absolute atomic E-state index is 0.165. The van der Waals surface area contributed by atoms with E-state index in [4.69, 9.17) is 5.73 Å². The van der Waals surface area contributed by atoms with Crippen LogP contribution in [0.2, 0.25) is 0 Å². The van der Waals surface area contributed by atoms with E-state index in [9.17, 15) is 4.79 Å². The van der Waals surface area contributed by atoms with Crippen molar-refractivity contribution < 1.29 is 4.79 Å². The normalized spacial score (nSPS) is 34.5. The summed E-state index contributed by atoms with van der Waals surface area (Å²) in [5, 5.41) is 0. The van der Waals surface area contributed by atoms with Gasteiger partial charge < -0.3 is 5.73 Å². The van der Waals surface area contributed by atoms with Crippen LogP contribution in [0.25, 0.3) is 0 Å². The number of nitrogens with two attached hydrogens (primary N) is 1. The fourth-order valence-corrected chi connectivity index (χ4v) is 5.47. The Hall–Kier alpha value is -1.06. The molecule has 1 heterocycles. The SMILES string of the molecule is CC1CC(N2C(=O)C(CCC3CCCCC3)N=C2N)CC(C)(C)C1. The average Bonchev–Trinajstić information content (AvgIpc) is 2.78. The summed E-state index contributed by atoms with van der Waals surface area (Å²) in [5.41, 5.74) is 6.47. The average molecular weight is 334 g/mol. The van der Waals surface area contributed by atoms with E-state index in [2.05, 4.69) is 25.8 Å². The predicted molar refractivity (Wildman–Crippen MR) is 98.6 cm³/mol. The molecule has 0 radical (unpaired) electrons. The lowest BCUT2D eigenvalue weighted by atomic mass is 9.70. The van der Waals surface area contributed by atoms with Crippen molar-refractivity contribution in [3.05, 3.63) is 0 Å². The topological polar surface area (TPSA) is 58.7 Å². The van der Waals surface area contributed by atoms with Crippen LogP contribution < -0.4 is 5.73 Å². The standard InChI is InChI=1S/C20H35N3O/c1-14-11-16(13-20(2,3)12-14)23-18(24)17(22-19(23)21)10-9-15-7-5-4-6-8-15/h14-17H,4-13H2,1-3H3,(H2,21,22). The lowest BCUT2D eigenvalue weighted by molar-refractivity contribution is -0.130. The van der Waals surface area contributed by atoms with Gasteiger partial charge in [-0.25, -0.2) is 4.99 Å². The van der Waals surface area contributed by atoms with Crippen LogP contribution in [0.1, 0.15) is 85.0 Å². The van der Waals surface area contributed by atoms with Gasteiger partial charge in [-0.1, -0.05) is 52.9 Å². The first-order valence-electron chi connectivity index (χ1n) is 10.0. The third kappa shape index (κ3) is 3.94. The van der Waals surface area contributed by atoms with E-state index in [1.54, 1.807) is 0 Å². The Balaban J connectivity index is 1.60. The molecule has 1 amide bonds. The summed E-state index contributed by atoms with van der Waals surface area (Å²) in [6.45, 7) is 6.91. The first-order valence-corrected chi connectivity index (χ1v) is 10.0. The molecule has 0 saturated heterocycles. The number of aliphatic imine (C=N–C) groups is 1. The fourth-order valence-electron chi connectivity index (χ4n) is 5.47. The summed E-state index contributed by atoms with van der Waals surface area (Å²) < 4.78 is 0. The summed E-state index contributed by atoms with van der Waals surface area (Å²) in [6, 6.07) is 0.0203. The number of carbonyl (C=O) groups excluding carboxylic acids is 1. The van der Waals surface area contributed by atoms with E-state index < -0.39 is 0 Å². The lowest BCUT2D eigenvalue weighted by Gasteiger charge is -2.42. The Bertz CT molecular complexity index is 493. The molecule has 0 bridgehead atoms. The molecule has 2 saturated carbocycles. The maximum Gasteiger partial charge on any atom is 0.254 e. The van der Waals surface area contributed by atoms with E-state index >= 15 is 0 Å². The van der Waals surface area contributed by atoms with E-state index in [0.717, 1.165) is 31.6 Å². The number of amides is 1. The first kappa shape index (κ1) is 17.8. The van der Waals surface area contributed by atoms with Crippen LogP contribution in [0.5, 0.6) is 0 Å². The van der Waals surface area contributed by atoms with Crippen molar-refractivity contribution >= 4 is 11.9 Å². The molecular formula is C20H35N3O. The fraction of sp³-hybridized carbons (Fsp3) is 0.900. The van der Waals surface area contributed by atoms with Crippen molar-refractivity contribution in [2.24, 2.45) is 28.0 Å². The Morgan fingerprint density at radius 2 is 1.88 bits per heavy atom. The Kier molecular flexibility index (Phi) is 5.22. The Labute approximate surface area is 147 Å². The maximum atomic E-state index is 12.9. The van der Waals surface area contributed by atoms with Crippen molar-refractivity contribution in [2.45, 2.75) is 97.1 Å². The number of hydrogen-bond acceptors (Lipinski definition) is 3. The van der Waals surface area contributed by atoms with Gasteiger partial charge in [0.15, 0.2) is 5.96 Å². The van der Waals surface area contributed by atoms with Crippen LogP contribution in [-0.2, 0) is 4.79 Å². The van der Waals surface area contributed by atoms with Crippen LogP contribution in [0.3, 0.4) is 0 Å². The highest BCUT2D eigenvalue weighted by Crippen LogP contribution is 2.41. The molecule has 3 unspecified atom stereocenters. The van der Waals surface area contributed by atoms with E-state index in [0.29, 0.717) is 11.9 Å². The van der Waals surface area contributed by atoms with E-state index in [-0.39, 0.29) is 23.4 Å². The number of rotatable bonds is 4. The second-order valence-corrected chi connectivity index (χ2v) is 9.36. The zero-order valence-electron chi connectivity index (χ0n) is 15.8. The quantitative estimate of drug-likeness (QED) is 0.842. The van der Waals surface area contributed by atoms with Gasteiger partial charge in [-0.05, 0) is 49.4 Å². The predicted octanol–water partition coefficient (Wildman–Crippen LogP) is 4.09. The van der Waals surface area contributed by atoms with Gasteiger partial charge in [-0.15, -0.1) is 0 Å². The summed E-state index contributed by atoms with van der Waals surface area (Å²) in [5.74, 6) is 2.08. The molecule has 0 aromatic heterocycles. The van der Waals surface area contributed by atoms with Crippen LogP contribution in [0.15, 0.2) is 4.99 Å². The van der Waals surface area contributed by atoms with Crippen LogP contribution in [0.4, 0.5) is 0 Å². The number of guanidine groups is 1. The third-order valence-electron chi connectivity index (χ3n) is 6.36. The summed E-state index contributed by atoms with van der Waals surface area (Å²) >= 11 is 0. The summed E-state index contributed by atoms with van der Waals surface area (Å²) in [4.78, 5) is 19.3. The smallest absolute Gasteiger partial charge is 0.254 e. The zero-order valence-corrected chi connectivity index (χ0v) is 15.8. The second kappa shape index (κ2) is 7.05. The van der Waals surface area contributed by atoms with Crippen LogP contribution >= 0.6 is 0 Å². The number of carbonyl (C=O) groups is 1. The zero-order chi connectivity index (χ0) is 17.3. The lowest BCUT2D eigenvalue weighted by Crippen LogP contribution is -2.50. The first-order chi connectivity index (χ1) is 11.4. The highest BCUT2D eigenvalue weighted by atomic mass is 16.2. The maximum absolute atomic E-state index is 12.9. The molecule has 3 atom stereocenters. The largest absolute Gasteiger partial charge is 0.369 e. The van der Waals surface area contributed by atoms with Crippen LogP contribution in [-0.4, -0.2) is 28.9 Å². The molecule has 1 aliphatic heterocycles. The van der Waals surface area contributed by atoms with E-state index in [1.807, 2.05) is 4.90 Å². The highest BCUT2D eigenvalue weighted by Gasteiger charge is 2.42. The van der Waals surface area contributed by atoms with Gasteiger partial charge in [-0.2, -0.15) is 0 Å². The molecule has 0 aromatic carbocycles.